The topological polar surface area (TPSA) is 72.7 Å². The van der Waals surface area contributed by atoms with Crippen molar-refractivity contribution in [2.75, 3.05) is 11.1 Å². The quantitative estimate of drug-likeness (QED) is 0.830. The van der Waals surface area contributed by atoms with Crippen molar-refractivity contribution in [3.63, 3.8) is 0 Å². The fourth-order valence-corrected chi connectivity index (χ4v) is 3.05. The number of hydrogen-bond acceptors (Lipinski definition) is 5. The van der Waals surface area contributed by atoms with Crippen LogP contribution in [0.25, 0.3) is 0 Å². The van der Waals surface area contributed by atoms with Gasteiger partial charge in [-0.15, -0.1) is 10.2 Å². The highest BCUT2D eigenvalue weighted by Crippen LogP contribution is 2.37. The van der Waals surface area contributed by atoms with E-state index in [2.05, 4.69) is 20.5 Å². The van der Waals surface area contributed by atoms with Gasteiger partial charge in [0.15, 0.2) is 11.0 Å². The van der Waals surface area contributed by atoms with Crippen molar-refractivity contribution in [1.29, 1.82) is 0 Å². The molecule has 0 aliphatic heterocycles. The van der Waals surface area contributed by atoms with Crippen LogP contribution in [0.1, 0.15) is 24.4 Å². The number of carbonyl (C=O) groups excluding carboxylic acids is 1. The van der Waals surface area contributed by atoms with Crippen LogP contribution in [0.3, 0.4) is 0 Å². The van der Waals surface area contributed by atoms with Crippen LogP contribution >= 0.6 is 35.0 Å². The number of anilines is 1. The Balaban J connectivity index is 1.61. The van der Waals surface area contributed by atoms with Crippen molar-refractivity contribution in [3.05, 3.63) is 28.1 Å². The third-order valence-electron chi connectivity index (χ3n) is 3.27. The lowest BCUT2D eigenvalue weighted by Gasteiger charge is -2.09. The average Bonchev–Trinajstić information content (AvgIpc) is 3.24. The summed E-state index contributed by atoms with van der Waals surface area (Å²) in [6.45, 7) is 1.77. The number of carbonyl (C=O) groups is 1. The lowest BCUT2D eigenvalue weighted by molar-refractivity contribution is -0.113. The maximum Gasteiger partial charge on any atom is 0.236 e. The van der Waals surface area contributed by atoms with Crippen molar-refractivity contribution < 1.29 is 4.79 Å². The van der Waals surface area contributed by atoms with Crippen molar-refractivity contribution in [1.82, 2.24) is 19.7 Å². The van der Waals surface area contributed by atoms with Gasteiger partial charge in [0.05, 0.1) is 15.8 Å². The molecule has 0 atom stereocenters. The lowest BCUT2D eigenvalue weighted by Crippen LogP contribution is -2.16. The average molecular weight is 358 g/mol. The van der Waals surface area contributed by atoms with E-state index in [1.807, 2.05) is 4.57 Å². The molecular weight excluding hydrogens is 345 g/mol. The Kier molecular flexibility index (Phi) is 4.56. The second-order valence-corrected chi connectivity index (χ2v) is 6.71. The normalized spacial score (nSPS) is 14.1. The van der Waals surface area contributed by atoms with Crippen LogP contribution in [0.15, 0.2) is 17.7 Å². The zero-order valence-corrected chi connectivity index (χ0v) is 14.0. The molecule has 1 saturated carbocycles. The van der Waals surface area contributed by atoms with Crippen LogP contribution in [0.5, 0.6) is 0 Å². The van der Waals surface area contributed by atoms with E-state index in [-0.39, 0.29) is 11.7 Å². The number of hydrogen-bond donors (Lipinski definition) is 1. The maximum atomic E-state index is 12.0. The Bertz CT molecular complexity index is 716. The molecule has 2 heterocycles. The molecule has 3 rings (SSSR count). The van der Waals surface area contributed by atoms with Crippen LogP contribution in [0.4, 0.5) is 5.82 Å². The number of aromatic nitrogens is 4. The molecule has 1 amide bonds. The molecule has 1 fully saturated rings. The fraction of sp³-hybridized carbons (Fsp3) is 0.385. The maximum absolute atomic E-state index is 12.0. The van der Waals surface area contributed by atoms with Crippen molar-refractivity contribution >= 4 is 46.7 Å². The predicted octanol–water partition coefficient (Wildman–Crippen LogP) is 3.35. The van der Waals surface area contributed by atoms with Gasteiger partial charge in [-0.25, -0.2) is 4.98 Å². The lowest BCUT2D eigenvalue weighted by atomic mass is 10.3. The monoisotopic (exact) mass is 357 g/mol. The van der Waals surface area contributed by atoms with E-state index in [0.717, 1.165) is 18.0 Å². The number of pyridine rings is 1. The Labute approximate surface area is 141 Å². The number of nitrogens with one attached hydrogen (secondary N) is 1. The third kappa shape index (κ3) is 3.37. The highest BCUT2D eigenvalue weighted by molar-refractivity contribution is 7.99. The summed E-state index contributed by atoms with van der Waals surface area (Å²) in [6, 6.07) is 0.482. The Hall–Kier alpha value is -1.31. The van der Waals surface area contributed by atoms with E-state index in [0.29, 0.717) is 27.5 Å². The molecule has 116 valence electrons. The summed E-state index contributed by atoms with van der Waals surface area (Å²) in [5, 5.41) is 12.2. The first-order valence-electron chi connectivity index (χ1n) is 6.69. The van der Waals surface area contributed by atoms with Gasteiger partial charge in [-0.3, -0.25) is 4.79 Å². The summed E-state index contributed by atoms with van der Waals surface area (Å²) in [5.41, 5.74) is 0.690. The van der Waals surface area contributed by atoms with E-state index in [1.165, 1.54) is 18.0 Å². The minimum Gasteiger partial charge on any atom is -0.309 e. The van der Waals surface area contributed by atoms with Crippen LogP contribution in [-0.4, -0.2) is 31.4 Å². The van der Waals surface area contributed by atoms with Gasteiger partial charge >= 0.3 is 0 Å². The molecule has 0 aromatic carbocycles. The third-order valence-corrected chi connectivity index (χ3v) is 5.07. The van der Waals surface area contributed by atoms with Gasteiger partial charge in [0.1, 0.15) is 6.33 Å². The second-order valence-electron chi connectivity index (χ2n) is 4.98. The standard InChI is InChI=1S/C13H13Cl2N5OS/c1-7-9(14)4-16-12(11(7)15)18-10(21)5-22-13-19-17-6-20(13)8-2-3-8/h4,6,8H,2-3,5H2,1H3,(H,16,18,21). The van der Waals surface area contributed by atoms with Gasteiger partial charge in [0, 0.05) is 12.2 Å². The predicted molar refractivity (Wildman–Crippen MR) is 86.6 cm³/mol. The highest BCUT2D eigenvalue weighted by Gasteiger charge is 2.26. The zero-order chi connectivity index (χ0) is 15.7. The number of amides is 1. The van der Waals surface area contributed by atoms with E-state index in [9.17, 15) is 4.79 Å². The van der Waals surface area contributed by atoms with Crippen LogP contribution in [0, 0.1) is 6.92 Å². The van der Waals surface area contributed by atoms with E-state index >= 15 is 0 Å². The summed E-state index contributed by atoms with van der Waals surface area (Å²) in [5.74, 6) is 0.328. The van der Waals surface area contributed by atoms with Gasteiger partial charge in [-0.2, -0.15) is 0 Å². The molecule has 0 radical (unpaired) electrons. The second kappa shape index (κ2) is 6.44. The smallest absolute Gasteiger partial charge is 0.236 e. The summed E-state index contributed by atoms with van der Waals surface area (Å²) in [7, 11) is 0. The molecule has 22 heavy (non-hydrogen) atoms. The molecule has 2 aromatic rings. The number of nitrogens with zero attached hydrogens (tertiary/aromatic N) is 4. The molecule has 1 N–H and O–H groups in total. The fourth-order valence-electron chi connectivity index (χ4n) is 1.88. The van der Waals surface area contributed by atoms with Crippen LogP contribution in [0.2, 0.25) is 10.0 Å². The minimum atomic E-state index is -0.202. The Morgan fingerprint density at radius 2 is 2.27 bits per heavy atom. The highest BCUT2D eigenvalue weighted by atomic mass is 35.5. The van der Waals surface area contributed by atoms with Crippen molar-refractivity contribution in [3.8, 4) is 0 Å². The Morgan fingerprint density at radius 1 is 1.50 bits per heavy atom. The molecule has 1 aliphatic carbocycles. The molecule has 1 aliphatic rings. The van der Waals surface area contributed by atoms with Gasteiger partial charge < -0.3 is 9.88 Å². The van der Waals surface area contributed by atoms with Crippen LogP contribution in [-0.2, 0) is 4.79 Å². The molecular formula is C13H13Cl2N5OS. The van der Waals surface area contributed by atoms with E-state index in [4.69, 9.17) is 23.2 Å². The Morgan fingerprint density at radius 3 is 3.00 bits per heavy atom. The molecule has 0 bridgehead atoms. The van der Waals surface area contributed by atoms with Gasteiger partial charge in [-0.05, 0) is 25.3 Å². The first-order valence-corrected chi connectivity index (χ1v) is 8.43. The summed E-state index contributed by atoms with van der Waals surface area (Å²) in [6.07, 6.45) is 5.46. The van der Waals surface area contributed by atoms with Gasteiger partial charge in [0.2, 0.25) is 5.91 Å². The van der Waals surface area contributed by atoms with Gasteiger partial charge in [0.25, 0.3) is 0 Å². The van der Waals surface area contributed by atoms with E-state index < -0.39 is 0 Å². The molecule has 2 aromatic heterocycles. The molecule has 0 unspecified atom stereocenters. The van der Waals surface area contributed by atoms with Gasteiger partial charge in [-0.1, -0.05) is 35.0 Å². The van der Waals surface area contributed by atoms with Crippen molar-refractivity contribution in [2.24, 2.45) is 0 Å². The first kappa shape index (κ1) is 15.6. The van der Waals surface area contributed by atoms with Crippen molar-refractivity contribution in [2.45, 2.75) is 31.0 Å². The molecule has 0 saturated heterocycles. The largest absolute Gasteiger partial charge is 0.309 e. The first-order chi connectivity index (χ1) is 10.6. The minimum absolute atomic E-state index is 0.202. The molecule has 6 nitrogen and oxygen atoms in total. The zero-order valence-electron chi connectivity index (χ0n) is 11.7. The number of thioether (sulfide) groups is 1. The summed E-state index contributed by atoms with van der Waals surface area (Å²) in [4.78, 5) is 16.1. The van der Waals surface area contributed by atoms with E-state index in [1.54, 1.807) is 13.3 Å². The van der Waals surface area contributed by atoms with Crippen LogP contribution < -0.4 is 5.32 Å². The summed E-state index contributed by atoms with van der Waals surface area (Å²) >= 11 is 13.4. The number of rotatable bonds is 5. The summed E-state index contributed by atoms with van der Waals surface area (Å²) < 4.78 is 2.01. The number of halogens is 2. The molecule has 9 heteroatoms. The SMILES string of the molecule is Cc1c(Cl)cnc(NC(=O)CSc2nncn2C2CC2)c1Cl. The molecule has 0 spiro atoms.